The Kier molecular flexibility index (Phi) is 3.14. The molecule has 14 heavy (non-hydrogen) atoms. The number of hydrogen-bond donors (Lipinski definition) is 0. The highest BCUT2D eigenvalue weighted by atomic mass is 79.9. The van der Waals surface area contributed by atoms with Crippen molar-refractivity contribution in [3.8, 4) is 5.88 Å². The maximum Gasteiger partial charge on any atom is 0.388 e. The summed E-state index contributed by atoms with van der Waals surface area (Å²) in [5, 5.41) is 3.89. The molecular weight excluding hydrogens is 258 g/mol. The standard InChI is InChI=1S/C8H11BrF2N2O/c1-8(2,3)13-4-5(9)6(12-13)14-7(10)11/h4,7H,1-3H3. The Morgan fingerprint density at radius 1 is 1.50 bits per heavy atom. The fraction of sp³-hybridized carbons (Fsp3) is 0.625. The number of alkyl halides is 2. The summed E-state index contributed by atoms with van der Waals surface area (Å²) in [4.78, 5) is 0. The lowest BCUT2D eigenvalue weighted by Crippen LogP contribution is -2.22. The zero-order valence-electron chi connectivity index (χ0n) is 8.09. The number of rotatable bonds is 2. The van der Waals surface area contributed by atoms with E-state index in [4.69, 9.17) is 0 Å². The summed E-state index contributed by atoms with van der Waals surface area (Å²) in [7, 11) is 0. The van der Waals surface area contributed by atoms with E-state index >= 15 is 0 Å². The van der Waals surface area contributed by atoms with Crippen molar-refractivity contribution in [3.05, 3.63) is 10.7 Å². The minimum absolute atomic E-state index is 0.0880. The zero-order valence-corrected chi connectivity index (χ0v) is 9.68. The van der Waals surface area contributed by atoms with Crippen LogP contribution in [0.1, 0.15) is 20.8 Å². The maximum absolute atomic E-state index is 11.9. The molecule has 0 saturated heterocycles. The van der Waals surface area contributed by atoms with Crippen LogP contribution in [0, 0.1) is 0 Å². The van der Waals surface area contributed by atoms with Gasteiger partial charge in [0.05, 0.1) is 10.0 Å². The van der Waals surface area contributed by atoms with Gasteiger partial charge in [-0.15, -0.1) is 5.10 Å². The molecule has 0 bridgehead atoms. The monoisotopic (exact) mass is 268 g/mol. The summed E-state index contributed by atoms with van der Waals surface area (Å²) in [6.07, 6.45) is 1.61. The lowest BCUT2D eigenvalue weighted by Gasteiger charge is -2.18. The Labute approximate surface area is 89.2 Å². The first-order valence-electron chi connectivity index (χ1n) is 4.01. The van der Waals surface area contributed by atoms with Crippen molar-refractivity contribution in [2.45, 2.75) is 32.9 Å². The Hall–Kier alpha value is -0.650. The van der Waals surface area contributed by atoms with Gasteiger partial charge in [-0.25, -0.2) is 0 Å². The Morgan fingerprint density at radius 2 is 2.07 bits per heavy atom. The van der Waals surface area contributed by atoms with Gasteiger partial charge in [-0.1, -0.05) is 0 Å². The summed E-state index contributed by atoms with van der Waals surface area (Å²) in [5.74, 6) is -0.0880. The van der Waals surface area contributed by atoms with Crippen molar-refractivity contribution < 1.29 is 13.5 Å². The average molecular weight is 269 g/mol. The van der Waals surface area contributed by atoms with Gasteiger partial charge in [0.25, 0.3) is 5.88 Å². The van der Waals surface area contributed by atoms with E-state index < -0.39 is 6.61 Å². The summed E-state index contributed by atoms with van der Waals surface area (Å²) >= 11 is 3.10. The van der Waals surface area contributed by atoms with Crippen LogP contribution in [0.15, 0.2) is 10.7 Å². The molecule has 0 saturated carbocycles. The molecule has 0 aromatic carbocycles. The lowest BCUT2D eigenvalue weighted by molar-refractivity contribution is -0.0539. The third-order valence-corrected chi connectivity index (χ3v) is 2.07. The molecule has 0 fully saturated rings. The second kappa shape index (κ2) is 3.84. The van der Waals surface area contributed by atoms with Gasteiger partial charge in [0.2, 0.25) is 0 Å². The number of hydrogen-bond acceptors (Lipinski definition) is 2. The van der Waals surface area contributed by atoms with Crippen molar-refractivity contribution >= 4 is 15.9 Å². The van der Waals surface area contributed by atoms with Crippen LogP contribution in [-0.2, 0) is 5.54 Å². The highest BCUT2D eigenvalue weighted by Gasteiger charge is 2.19. The maximum atomic E-state index is 11.9. The lowest BCUT2D eigenvalue weighted by atomic mass is 10.1. The molecule has 1 aromatic rings. The van der Waals surface area contributed by atoms with Gasteiger partial charge in [-0.05, 0) is 36.7 Å². The van der Waals surface area contributed by atoms with Crippen molar-refractivity contribution in [2.75, 3.05) is 0 Å². The molecule has 0 N–H and O–H groups in total. The normalized spacial score (nSPS) is 12.2. The summed E-state index contributed by atoms with van der Waals surface area (Å²) < 4.78 is 30.0. The summed E-state index contributed by atoms with van der Waals surface area (Å²) in [5.41, 5.74) is -0.258. The number of halogens is 3. The molecule has 3 nitrogen and oxygen atoms in total. The van der Waals surface area contributed by atoms with E-state index in [-0.39, 0.29) is 11.4 Å². The zero-order chi connectivity index (χ0) is 10.9. The van der Waals surface area contributed by atoms with Crippen molar-refractivity contribution in [1.29, 1.82) is 0 Å². The second-order valence-electron chi connectivity index (χ2n) is 3.78. The molecule has 0 spiro atoms. The molecule has 0 aliphatic carbocycles. The molecule has 1 aromatic heterocycles. The predicted octanol–water partition coefficient (Wildman–Crippen LogP) is 3.00. The first-order valence-corrected chi connectivity index (χ1v) is 4.80. The molecule has 0 atom stereocenters. The Bertz CT molecular complexity index is 320. The quantitative estimate of drug-likeness (QED) is 0.825. The highest BCUT2D eigenvalue weighted by Crippen LogP contribution is 2.27. The molecule has 0 amide bonds. The van der Waals surface area contributed by atoms with Gasteiger partial charge in [0.1, 0.15) is 0 Å². The number of aromatic nitrogens is 2. The molecule has 0 aliphatic heterocycles. The topological polar surface area (TPSA) is 27.1 Å². The van der Waals surface area contributed by atoms with E-state index in [1.165, 1.54) is 0 Å². The molecule has 0 aliphatic rings. The van der Waals surface area contributed by atoms with Crippen LogP contribution in [0.2, 0.25) is 0 Å². The van der Waals surface area contributed by atoms with Gasteiger partial charge in [-0.3, -0.25) is 4.68 Å². The average Bonchev–Trinajstić information content (AvgIpc) is 2.30. The van der Waals surface area contributed by atoms with Gasteiger partial charge >= 0.3 is 6.61 Å². The minimum atomic E-state index is -2.85. The van der Waals surface area contributed by atoms with E-state index in [1.54, 1.807) is 10.9 Å². The Morgan fingerprint density at radius 3 is 2.43 bits per heavy atom. The first-order chi connectivity index (χ1) is 6.30. The minimum Gasteiger partial charge on any atom is -0.414 e. The fourth-order valence-corrected chi connectivity index (χ4v) is 1.21. The van der Waals surface area contributed by atoms with Crippen LogP contribution in [0.5, 0.6) is 5.88 Å². The van der Waals surface area contributed by atoms with Gasteiger partial charge < -0.3 is 4.74 Å². The number of ether oxygens (including phenoxy) is 1. The molecule has 1 rings (SSSR count). The van der Waals surface area contributed by atoms with Gasteiger partial charge in [0, 0.05) is 6.20 Å². The van der Waals surface area contributed by atoms with Crippen LogP contribution in [-0.4, -0.2) is 16.4 Å². The van der Waals surface area contributed by atoms with Crippen molar-refractivity contribution in [3.63, 3.8) is 0 Å². The van der Waals surface area contributed by atoms with Crippen LogP contribution in [0.3, 0.4) is 0 Å². The molecular formula is C8H11BrF2N2O. The van der Waals surface area contributed by atoms with E-state index in [0.717, 1.165) is 0 Å². The van der Waals surface area contributed by atoms with Crippen LogP contribution in [0.4, 0.5) is 8.78 Å². The van der Waals surface area contributed by atoms with E-state index in [1.807, 2.05) is 20.8 Å². The van der Waals surface area contributed by atoms with E-state index in [2.05, 4.69) is 25.8 Å². The molecule has 6 heteroatoms. The first kappa shape index (κ1) is 11.4. The third-order valence-electron chi connectivity index (χ3n) is 1.53. The smallest absolute Gasteiger partial charge is 0.388 e. The van der Waals surface area contributed by atoms with Crippen LogP contribution < -0.4 is 4.74 Å². The molecule has 80 valence electrons. The van der Waals surface area contributed by atoms with Crippen molar-refractivity contribution in [2.24, 2.45) is 0 Å². The SMILES string of the molecule is CC(C)(C)n1cc(Br)c(OC(F)F)n1. The van der Waals surface area contributed by atoms with Crippen molar-refractivity contribution in [1.82, 2.24) is 9.78 Å². The molecule has 0 radical (unpaired) electrons. The molecule has 1 heterocycles. The fourth-order valence-electron chi connectivity index (χ4n) is 0.845. The number of nitrogens with zero attached hydrogens (tertiary/aromatic N) is 2. The van der Waals surface area contributed by atoms with Gasteiger partial charge in [-0.2, -0.15) is 8.78 Å². The largest absolute Gasteiger partial charge is 0.414 e. The van der Waals surface area contributed by atoms with E-state index in [9.17, 15) is 8.78 Å². The predicted molar refractivity (Wildman–Crippen MR) is 51.6 cm³/mol. The third kappa shape index (κ3) is 2.67. The molecule has 0 unspecified atom stereocenters. The Balaban J connectivity index is 2.94. The highest BCUT2D eigenvalue weighted by molar-refractivity contribution is 9.10. The second-order valence-corrected chi connectivity index (χ2v) is 4.63. The van der Waals surface area contributed by atoms with Crippen LogP contribution in [0.25, 0.3) is 0 Å². The van der Waals surface area contributed by atoms with E-state index in [0.29, 0.717) is 4.47 Å². The summed E-state index contributed by atoms with van der Waals surface area (Å²) in [6, 6.07) is 0. The van der Waals surface area contributed by atoms with Crippen LogP contribution >= 0.6 is 15.9 Å². The summed E-state index contributed by atoms with van der Waals surface area (Å²) in [6.45, 7) is 2.89. The van der Waals surface area contributed by atoms with Gasteiger partial charge in [0.15, 0.2) is 0 Å².